The van der Waals surface area contributed by atoms with E-state index in [4.69, 9.17) is 0 Å². The molecule has 29 heavy (non-hydrogen) atoms. The van der Waals surface area contributed by atoms with Crippen LogP contribution in [-0.2, 0) is 12.8 Å². The molecular formula is C27H38FN. The average molecular weight is 396 g/mol. The highest BCUT2D eigenvalue weighted by molar-refractivity contribution is 5.60. The molecule has 3 rings (SSSR count). The summed E-state index contributed by atoms with van der Waals surface area (Å²) in [6.07, 6.45) is 17.0. The molecule has 0 bridgehead atoms. The van der Waals surface area contributed by atoms with Gasteiger partial charge in [-0.15, -0.1) is 0 Å². The molecule has 0 spiro atoms. The summed E-state index contributed by atoms with van der Waals surface area (Å²) >= 11 is 0. The highest BCUT2D eigenvalue weighted by Gasteiger charge is 2.20. The Bertz CT molecular complexity index is 729. The van der Waals surface area contributed by atoms with E-state index in [1.165, 1.54) is 69.8 Å². The summed E-state index contributed by atoms with van der Waals surface area (Å²) in [6.45, 7) is 4.51. The fourth-order valence-corrected chi connectivity index (χ4v) is 4.82. The molecule has 0 radical (unpaired) electrons. The van der Waals surface area contributed by atoms with Crippen LogP contribution < -0.4 is 0 Å². The van der Waals surface area contributed by atoms with E-state index in [0.29, 0.717) is 5.56 Å². The molecule has 0 amide bonds. The summed E-state index contributed by atoms with van der Waals surface area (Å²) in [5, 5.41) is 0. The topological polar surface area (TPSA) is 12.9 Å². The highest BCUT2D eigenvalue weighted by atomic mass is 19.1. The van der Waals surface area contributed by atoms with Gasteiger partial charge in [-0.1, -0.05) is 77.3 Å². The average Bonchev–Trinajstić information content (AvgIpc) is 2.74. The second-order valence-corrected chi connectivity index (χ2v) is 9.04. The van der Waals surface area contributed by atoms with Gasteiger partial charge in [0.25, 0.3) is 0 Å². The summed E-state index contributed by atoms with van der Waals surface area (Å²) in [6, 6.07) is 9.81. The van der Waals surface area contributed by atoms with E-state index >= 15 is 0 Å². The van der Waals surface area contributed by atoms with Crippen LogP contribution in [-0.4, -0.2) is 4.98 Å². The van der Waals surface area contributed by atoms with Gasteiger partial charge in [-0.2, -0.15) is 0 Å². The molecule has 0 aliphatic heterocycles. The minimum Gasteiger partial charge on any atom is -0.256 e. The van der Waals surface area contributed by atoms with Gasteiger partial charge in [0.2, 0.25) is 0 Å². The molecule has 2 aromatic rings. The summed E-state index contributed by atoms with van der Waals surface area (Å²) in [5.41, 5.74) is 3.72. The number of aryl methyl sites for hydroxylation is 2. The fraction of sp³-hybridized carbons (Fsp3) is 0.593. The Kier molecular flexibility index (Phi) is 8.70. The van der Waals surface area contributed by atoms with E-state index in [0.717, 1.165) is 35.9 Å². The summed E-state index contributed by atoms with van der Waals surface area (Å²) in [7, 11) is 0. The first-order valence-corrected chi connectivity index (χ1v) is 11.9. The van der Waals surface area contributed by atoms with E-state index in [1.807, 2.05) is 18.3 Å². The van der Waals surface area contributed by atoms with Crippen molar-refractivity contribution >= 4 is 0 Å². The number of hydrogen-bond donors (Lipinski definition) is 0. The summed E-state index contributed by atoms with van der Waals surface area (Å²) < 4.78 is 14.7. The second kappa shape index (κ2) is 11.5. The zero-order valence-corrected chi connectivity index (χ0v) is 18.4. The Labute approximate surface area is 177 Å². The largest absolute Gasteiger partial charge is 0.256 e. The van der Waals surface area contributed by atoms with Crippen molar-refractivity contribution in [3.8, 4) is 11.3 Å². The minimum absolute atomic E-state index is 0.139. The Morgan fingerprint density at radius 1 is 0.828 bits per heavy atom. The van der Waals surface area contributed by atoms with Crippen LogP contribution >= 0.6 is 0 Å². The van der Waals surface area contributed by atoms with Crippen molar-refractivity contribution in [2.24, 2.45) is 11.8 Å². The van der Waals surface area contributed by atoms with Gasteiger partial charge in [-0.05, 0) is 66.8 Å². The Balaban J connectivity index is 1.52. The first kappa shape index (κ1) is 22.0. The van der Waals surface area contributed by atoms with Crippen LogP contribution in [0.25, 0.3) is 11.3 Å². The predicted octanol–water partition coefficient (Wildman–Crippen LogP) is 8.16. The predicted molar refractivity (Wildman–Crippen MR) is 122 cm³/mol. The number of rotatable bonds is 10. The maximum absolute atomic E-state index is 14.7. The van der Waals surface area contributed by atoms with Crippen LogP contribution in [0.3, 0.4) is 0 Å². The summed E-state index contributed by atoms with van der Waals surface area (Å²) in [4.78, 5) is 4.52. The third-order valence-electron chi connectivity index (χ3n) is 6.71. The smallest absolute Gasteiger partial charge is 0.132 e. The van der Waals surface area contributed by atoms with Crippen molar-refractivity contribution in [1.82, 2.24) is 4.98 Å². The molecule has 1 aromatic heterocycles. The van der Waals surface area contributed by atoms with Crippen LogP contribution in [0, 0.1) is 17.7 Å². The molecule has 2 heteroatoms. The van der Waals surface area contributed by atoms with Crippen LogP contribution in [0.5, 0.6) is 0 Å². The lowest BCUT2D eigenvalue weighted by molar-refractivity contribution is 0.252. The van der Waals surface area contributed by atoms with Gasteiger partial charge in [0.05, 0.1) is 5.69 Å². The van der Waals surface area contributed by atoms with Crippen molar-refractivity contribution in [2.75, 3.05) is 0 Å². The van der Waals surface area contributed by atoms with Gasteiger partial charge in [-0.3, -0.25) is 4.98 Å². The maximum Gasteiger partial charge on any atom is 0.132 e. The molecule has 1 fully saturated rings. The van der Waals surface area contributed by atoms with Gasteiger partial charge in [0, 0.05) is 11.8 Å². The number of benzene rings is 1. The molecule has 0 unspecified atom stereocenters. The summed E-state index contributed by atoms with van der Waals surface area (Å²) in [5.74, 6) is 1.65. The molecule has 1 aromatic carbocycles. The third kappa shape index (κ3) is 6.66. The number of halogens is 1. The SMILES string of the molecule is CCCCCc1ccc(-c2ccc(CCC3CCC(CCC)CC3)cc2F)nc1. The molecule has 1 aliphatic rings. The van der Waals surface area contributed by atoms with Gasteiger partial charge in [0.1, 0.15) is 5.82 Å². The molecule has 1 nitrogen and oxygen atoms in total. The van der Waals surface area contributed by atoms with Crippen LogP contribution in [0.4, 0.5) is 4.39 Å². The normalized spacial score (nSPS) is 19.4. The van der Waals surface area contributed by atoms with Crippen molar-refractivity contribution in [2.45, 2.75) is 90.9 Å². The first-order valence-electron chi connectivity index (χ1n) is 11.9. The lowest BCUT2D eigenvalue weighted by atomic mass is 9.78. The molecule has 0 saturated heterocycles. The monoisotopic (exact) mass is 395 g/mol. The van der Waals surface area contributed by atoms with E-state index in [1.54, 1.807) is 6.07 Å². The van der Waals surface area contributed by atoms with Crippen LogP contribution in [0.2, 0.25) is 0 Å². The maximum atomic E-state index is 14.7. The van der Waals surface area contributed by atoms with Crippen molar-refractivity contribution < 1.29 is 4.39 Å². The van der Waals surface area contributed by atoms with E-state index in [-0.39, 0.29) is 5.82 Å². The zero-order chi connectivity index (χ0) is 20.5. The molecular weight excluding hydrogens is 357 g/mol. The fourth-order valence-electron chi connectivity index (χ4n) is 4.82. The van der Waals surface area contributed by atoms with E-state index < -0.39 is 0 Å². The first-order chi connectivity index (χ1) is 14.2. The number of aromatic nitrogens is 1. The minimum atomic E-state index is -0.139. The number of nitrogens with zero attached hydrogens (tertiary/aromatic N) is 1. The van der Waals surface area contributed by atoms with Crippen molar-refractivity contribution in [3.05, 3.63) is 53.5 Å². The van der Waals surface area contributed by atoms with Crippen molar-refractivity contribution in [3.63, 3.8) is 0 Å². The molecule has 158 valence electrons. The lowest BCUT2D eigenvalue weighted by Gasteiger charge is -2.28. The molecule has 1 heterocycles. The zero-order valence-electron chi connectivity index (χ0n) is 18.4. The van der Waals surface area contributed by atoms with Gasteiger partial charge >= 0.3 is 0 Å². The van der Waals surface area contributed by atoms with E-state index in [2.05, 4.69) is 31.0 Å². The number of pyridine rings is 1. The van der Waals surface area contributed by atoms with Gasteiger partial charge in [0.15, 0.2) is 0 Å². The van der Waals surface area contributed by atoms with Crippen LogP contribution in [0.1, 0.15) is 89.2 Å². The highest BCUT2D eigenvalue weighted by Crippen LogP contribution is 2.34. The Morgan fingerprint density at radius 3 is 2.17 bits per heavy atom. The quantitative estimate of drug-likeness (QED) is 0.370. The van der Waals surface area contributed by atoms with Gasteiger partial charge < -0.3 is 0 Å². The number of unbranched alkanes of at least 4 members (excludes halogenated alkanes) is 2. The molecule has 0 N–H and O–H groups in total. The number of hydrogen-bond acceptors (Lipinski definition) is 1. The Morgan fingerprint density at radius 2 is 1.55 bits per heavy atom. The van der Waals surface area contributed by atoms with Gasteiger partial charge in [-0.25, -0.2) is 4.39 Å². The standard InChI is InChI=1S/C27H38FN/c1-3-5-6-8-24-16-18-27(29-20-24)25-17-15-23(19-26(25)28)14-13-22-11-9-21(7-4-2)10-12-22/h15-22H,3-14H2,1-2H3. The second-order valence-electron chi connectivity index (χ2n) is 9.04. The van der Waals surface area contributed by atoms with Crippen molar-refractivity contribution in [1.29, 1.82) is 0 Å². The third-order valence-corrected chi connectivity index (χ3v) is 6.71. The molecule has 0 atom stereocenters. The van der Waals surface area contributed by atoms with E-state index in [9.17, 15) is 4.39 Å². The molecule has 1 saturated carbocycles. The van der Waals surface area contributed by atoms with Crippen LogP contribution in [0.15, 0.2) is 36.5 Å². The lowest BCUT2D eigenvalue weighted by Crippen LogP contribution is -2.15. The molecule has 1 aliphatic carbocycles. The Hall–Kier alpha value is -1.70.